The molecular formula is C24H23F3N2O5. The third kappa shape index (κ3) is 5.27. The van der Waals surface area contributed by atoms with Crippen LogP contribution in [0.4, 0.5) is 18.9 Å². The van der Waals surface area contributed by atoms with E-state index in [0.717, 1.165) is 17.5 Å². The van der Waals surface area contributed by atoms with Crippen LogP contribution >= 0.6 is 0 Å². The summed E-state index contributed by atoms with van der Waals surface area (Å²) in [4.78, 5) is 28.1. The lowest BCUT2D eigenvalue weighted by Crippen LogP contribution is -2.50. The number of furan rings is 1. The predicted octanol–water partition coefficient (Wildman–Crippen LogP) is 3.89. The van der Waals surface area contributed by atoms with Gasteiger partial charge in [0.1, 0.15) is 11.3 Å². The summed E-state index contributed by atoms with van der Waals surface area (Å²) in [6, 6.07) is 10.4. The van der Waals surface area contributed by atoms with Crippen LogP contribution in [0.15, 0.2) is 53.1 Å². The van der Waals surface area contributed by atoms with Crippen LogP contribution in [-0.2, 0) is 26.9 Å². The predicted molar refractivity (Wildman–Crippen MR) is 118 cm³/mol. The normalized spacial score (nSPS) is 14.4. The van der Waals surface area contributed by atoms with E-state index in [1.54, 1.807) is 36.3 Å². The summed E-state index contributed by atoms with van der Waals surface area (Å²) in [6.45, 7) is 1.00. The second kappa shape index (κ2) is 9.66. The van der Waals surface area contributed by atoms with Crippen LogP contribution in [0.5, 0.6) is 5.75 Å². The minimum Gasteiger partial charge on any atom is -0.497 e. The number of ether oxygens (including phenoxy) is 2. The van der Waals surface area contributed by atoms with Crippen molar-refractivity contribution in [2.75, 3.05) is 44.8 Å². The third-order valence-corrected chi connectivity index (χ3v) is 5.73. The van der Waals surface area contributed by atoms with Crippen LogP contribution in [0.3, 0.4) is 0 Å². The van der Waals surface area contributed by atoms with E-state index in [1.165, 1.54) is 17.2 Å². The lowest BCUT2D eigenvalue weighted by Gasteiger charge is -2.36. The summed E-state index contributed by atoms with van der Waals surface area (Å²) in [6.07, 6.45) is -2.98. The zero-order valence-corrected chi connectivity index (χ0v) is 18.4. The van der Waals surface area contributed by atoms with Gasteiger partial charge in [-0.05, 0) is 30.3 Å². The molecule has 0 saturated carbocycles. The minimum atomic E-state index is -4.41. The zero-order chi connectivity index (χ0) is 24.3. The molecule has 1 aliphatic heterocycles. The summed E-state index contributed by atoms with van der Waals surface area (Å²) in [5.41, 5.74) is 0.972. The number of amides is 1. The molecule has 34 heavy (non-hydrogen) atoms. The molecule has 2 aromatic carbocycles. The Morgan fingerprint density at radius 2 is 1.82 bits per heavy atom. The molecule has 0 atom stereocenters. The van der Waals surface area contributed by atoms with Gasteiger partial charge < -0.3 is 23.7 Å². The summed E-state index contributed by atoms with van der Waals surface area (Å²) in [5.74, 6) is -0.275. The average molecular weight is 476 g/mol. The molecular weight excluding hydrogens is 453 g/mol. The van der Waals surface area contributed by atoms with Crippen molar-refractivity contribution >= 4 is 28.5 Å². The van der Waals surface area contributed by atoms with E-state index in [2.05, 4.69) is 0 Å². The van der Waals surface area contributed by atoms with Gasteiger partial charge in [0.15, 0.2) is 6.61 Å². The maximum atomic E-state index is 13.0. The Bertz CT molecular complexity index is 1180. The molecule has 0 spiro atoms. The Hall–Kier alpha value is -3.69. The number of carbonyl (C=O) groups is 2. The smallest absolute Gasteiger partial charge is 0.416 e. The fraction of sp³-hybridized carbons (Fsp3) is 0.333. The molecule has 10 heteroatoms. The van der Waals surface area contributed by atoms with Crippen LogP contribution in [0, 0.1) is 0 Å². The Labute approximate surface area is 193 Å². The van der Waals surface area contributed by atoms with Crippen LogP contribution < -0.4 is 9.64 Å². The van der Waals surface area contributed by atoms with Gasteiger partial charge >= 0.3 is 12.1 Å². The first-order chi connectivity index (χ1) is 16.2. The molecule has 180 valence electrons. The Kier molecular flexibility index (Phi) is 6.67. The van der Waals surface area contributed by atoms with Gasteiger partial charge in [-0.1, -0.05) is 6.07 Å². The molecule has 1 amide bonds. The quantitative estimate of drug-likeness (QED) is 0.503. The van der Waals surface area contributed by atoms with Gasteiger partial charge in [-0.15, -0.1) is 0 Å². The largest absolute Gasteiger partial charge is 0.497 e. The SMILES string of the molecule is COc1ccc2c(CC(=O)OCC(=O)N3CCN(c4cccc(C(F)(F)F)c4)CC3)coc2c1. The number of anilines is 1. The van der Waals surface area contributed by atoms with Crippen molar-refractivity contribution in [3.05, 3.63) is 59.9 Å². The topological polar surface area (TPSA) is 72.2 Å². The molecule has 4 rings (SSSR count). The Morgan fingerprint density at radius 1 is 1.06 bits per heavy atom. The summed E-state index contributed by atoms with van der Waals surface area (Å²) >= 11 is 0. The first kappa shape index (κ1) is 23.5. The summed E-state index contributed by atoms with van der Waals surface area (Å²) < 4.78 is 54.6. The molecule has 0 bridgehead atoms. The van der Waals surface area contributed by atoms with Crippen molar-refractivity contribution in [3.63, 3.8) is 0 Å². The molecule has 2 heterocycles. The molecule has 3 aromatic rings. The van der Waals surface area contributed by atoms with E-state index in [0.29, 0.717) is 48.8 Å². The van der Waals surface area contributed by atoms with Crippen molar-refractivity contribution in [2.24, 2.45) is 0 Å². The number of hydrogen-bond donors (Lipinski definition) is 0. The number of halogens is 3. The standard InChI is InChI=1S/C24H23F3N2O5/c1-32-19-5-6-20-16(14-33-21(20)13-19)11-23(31)34-15-22(30)29-9-7-28(8-10-29)18-4-2-3-17(12-18)24(25,26)27/h2-6,12-14H,7-11,15H2,1H3. The number of fused-ring (bicyclic) bond motifs is 1. The van der Waals surface area contributed by atoms with Crippen molar-refractivity contribution in [3.8, 4) is 5.75 Å². The number of nitrogens with zero attached hydrogens (tertiary/aromatic N) is 2. The van der Waals surface area contributed by atoms with Crippen LogP contribution in [-0.4, -0.2) is 56.7 Å². The van der Waals surface area contributed by atoms with Gasteiger partial charge in [0.05, 0.1) is 25.4 Å². The lowest BCUT2D eigenvalue weighted by atomic mass is 10.1. The molecule has 0 unspecified atom stereocenters. The first-order valence-corrected chi connectivity index (χ1v) is 10.6. The van der Waals surface area contributed by atoms with Crippen molar-refractivity contribution in [1.82, 2.24) is 4.90 Å². The molecule has 1 saturated heterocycles. The third-order valence-electron chi connectivity index (χ3n) is 5.73. The zero-order valence-electron chi connectivity index (χ0n) is 18.4. The number of benzene rings is 2. The van der Waals surface area contributed by atoms with E-state index < -0.39 is 24.3 Å². The second-order valence-electron chi connectivity index (χ2n) is 7.88. The number of carbonyl (C=O) groups excluding carboxylic acids is 2. The highest BCUT2D eigenvalue weighted by Gasteiger charge is 2.31. The van der Waals surface area contributed by atoms with Crippen LogP contribution in [0.25, 0.3) is 11.0 Å². The van der Waals surface area contributed by atoms with Crippen molar-refractivity contribution in [2.45, 2.75) is 12.6 Å². The highest BCUT2D eigenvalue weighted by molar-refractivity contribution is 5.87. The maximum absolute atomic E-state index is 13.0. The van der Waals surface area contributed by atoms with Crippen LogP contribution in [0.2, 0.25) is 0 Å². The van der Waals surface area contributed by atoms with Gasteiger partial charge in [0, 0.05) is 48.9 Å². The van der Waals surface area contributed by atoms with Gasteiger partial charge in [0.2, 0.25) is 0 Å². The van der Waals surface area contributed by atoms with E-state index in [4.69, 9.17) is 13.9 Å². The number of piperazine rings is 1. The van der Waals surface area contributed by atoms with E-state index in [-0.39, 0.29) is 12.3 Å². The molecule has 0 aliphatic carbocycles. The number of hydrogen-bond acceptors (Lipinski definition) is 6. The second-order valence-corrected chi connectivity index (χ2v) is 7.88. The molecule has 0 N–H and O–H groups in total. The first-order valence-electron chi connectivity index (χ1n) is 10.6. The highest BCUT2D eigenvalue weighted by atomic mass is 19.4. The summed E-state index contributed by atoms with van der Waals surface area (Å²) in [5, 5.41) is 0.759. The molecule has 0 radical (unpaired) electrons. The molecule has 1 fully saturated rings. The molecule has 7 nitrogen and oxygen atoms in total. The fourth-order valence-electron chi connectivity index (χ4n) is 3.86. The average Bonchev–Trinajstić information content (AvgIpc) is 3.23. The number of rotatable bonds is 6. The summed E-state index contributed by atoms with van der Waals surface area (Å²) in [7, 11) is 1.55. The molecule has 1 aliphatic rings. The molecule has 1 aromatic heterocycles. The van der Waals surface area contributed by atoms with Crippen molar-refractivity contribution in [1.29, 1.82) is 0 Å². The van der Waals surface area contributed by atoms with E-state index >= 15 is 0 Å². The van der Waals surface area contributed by atoms with Gasteiger partial charge in [-0.25, -0.2) is 0 Å². The Morgan fingerprint density at radius 3 is 2.53 bits per heavy atom. The van der Waals surface area contributed by atoms with Gasteiger partial charge in [0.25, 0.3) is 5.91 Å². The number of methoxy groups -OCH3 is 1. The minimum absolute atomic E-state index is 0.0457. The Balaban J connectivity index is 1.26. The van der Waals surface area contributed by atoms with Crippen LogP contribution in [0.1, 0.15) is 11.1 Å². The van der Waals surface area contributed by atoms with Gasteiger partial charge in [-0.2, -0.15) is 13.2 Å². The monoisotopic (exact) mass is 476 g/mol. The number of esters is 1. The highest BCUT2D eigenvalue weighted by Crippen LogP contribution is 2.32. The number of alkyl halides is 3. The fourth-order valence-corrected chi connectivity index (χ4v) is 3.86. The van der Waals surface area contributed by atoms with E-state index in [9.17, 15) is 22.8 Å². The lowest BCUT2D eigenvalue weighted by molar-refractivity contribution is -0.151. The van der Waals surface area contributed by atoms with Gasteiger partial charge in [-0.3, -0.25) is 9.59 Å². The van der Waals surface area contributed by atoms with Crippen molar-refractivity contribution < 1.29 is 36.7 Å². The van der Waals surface area contributed by atoms with E-state index in [1.807, 2.05) is 0 Å². The maximum Gasteiger partial charge on any atom is 0.416 e.